The predicted molar refractivity (Wildman–Crippen MR) is 96.6 cm³/mol. The van der Waals surface area contributed by atoms with Crippen LogP contribution in [0.4, 0.5) is 0 Å². The molecule has 1 N–H and O–H groups in total. The summed E-state index contributed by atoms with van der Waals surface area (Å²) in [6.45, 7) is 6.98. The lowest BCUT2D eigenvalue weighted by Gasteiger charge is -2.48. The Hall–Kier alpha value is -0.0800. The van der Waals surface area contributed by atoms with E-state index in [1.807, 2.05) is 0 Å². The summed E-state index contributed by atoms with van der Waals surface area (Å²) in [5.74, 6) is 1.09. The molecular weight excluding hydrogens is 379 g/mol. The molecule has 122 valence electrons. The molecule has 21 heavy (non-hydrogen) atoms. The van der Waals surface area contributed by atoms with Gasteiger partial charge in [0.2, 0.25) is 0 Å². The molecule has 0 radical (unpaired) electrons. The van der Waals surface area contributed by atoms with Crippen LogP contribution in [0.3, 0.4) is 0 Å². The van der Waals surface area contributed by atoms with Crippen molar-refractivity contribution in [2.75, 3.05) is 53.0 Å². The third-order valence-electron chi connectivity index (χ3n) is 5.10. The molecule has 1 aliphatic carbocycles. The van der Waals surface area contributed by atoms with E-state index in [9.17, 15) is 0 Å². The molecule has 0 amide bonds. The smallest absolute Gasteiger partial charge is 0.193 e. The lowest BCUT2D eigenvalue weighted by Crippen LogP contribution is -2.60. The summed E-state index contributed by atoms with van der Waals surface area (Å²) < 4.78 is 5.54. The van der Waals surface area contributed by atoms with E-state index in [0.717, 1.165) is 51.9 Å². The zero-order valence-electron chi connectivity index (χ0n) is 13.1. The van der Waals surface area contributed by atoms with Crippen LogP contribution < -0.4 is 5.32 Å². The maximum absolute atomic E-state index is 5.54. The van der Waals surface area contributed by atoms with Crippen LogP contribution in [0.2, 0.25) is 0 Å². The van der Waals surface area contributed by atoms with Crippen LogP contribution in [0.1, 0.15) is 32.1 Å². The molecule has 0 atom stereocenters. The van der Waals surface area contributed by atoms with Crippen molar-refractivity contribution in [3.8, 4) is 0 Å². The van der Waals surface area contributed by atoms with Crippen molar-refractivity contribution >= 4 is 29.9 Å². The van der Waals surface area contributed by atoms with Crippen LogP contribution in [-0.4, -0.2) is 74.3 Å². The first kappa shape index (κ1) is 17.3. The van der Waals surface area contributed by atoms with Gasteiger partial charge in [0.05, 0.1) is 19.8 Å². The van der Waals surface area contributed by atoms with Crippen LogP contribution in [-0.2, 0) is 4.74 Å². The number of guanidine groups is 1. The fourth-order valence-corrected chi connectivity index (χ4v) is 3.82. The molecule has 0 bridgehead atoms. The quantitative estimate of drug-likeness (QED) is 0.720. The molecule has 0 aromatic carbocycles. The molecule has 1 saturated heterocycles. The average molecular weight is 408 g/mol. The third-order valence-corrected chi connectivity index (χ3v) is 5.10. The van der Waals surface area contributed by atoms with E-state index in [4.69, 9.17) is 4.74 Å². The number of rotatable bonds is 3. The van der Waals surface area contributed by atoms with Crippen molar-refractivity contribution in [1.29, 1.82) is 0 Å². The van der Waals surface area contributed by atoms with Crippen molar-refractivity contribution in [3.63, 3.8) is 0 Å². The summed E-state index contributed by atoms with van der Waals surface area (Å²) in [4.78, 5) is 9.48. The Morgan fingerprint density at radius 2 is 1.86 bits per heavy atom. The maximum Gasteiger partial charge on any atom is 0.193 e. The van der Waals surface area contributed by atoms with Crippen molar-refractivity contribution in [1.82, 2.24) is 15.1 Å². The van der Waals surface area contributed by atoms with E-state index >= 15 is 0 Å². The molecule has 3 rings (SSSR count). The van der Waals surface area contributed by atoms with Crippen molar-refractivity contribution in [3.05, 3.63) is 0 Å². The van der Waals surface area contributed by atoms with Gasteiger partial charge in [-0.3, -0.25) is 9.89 Å². The summed E-state index contributed by atoms with van der Waals surface area (Å²) in [7, 11) is 2.13. The Kier molecular flexibility index (Phi) is 6.55. The van der Waals surface area contributed by atoms with Crippen LogP contribution in [0, 0.1) is 0 Å². The van der Waals surface area contributed by atoms with Gasteiger partial charge in [-0.25, -0.2) is 0 Å². The number of halogens is 1. The number of morpholine rings is 1. The topological polar surface area (TPSA) is 40.1 Å². The monoisotopic (exact) mass is 408 g/mol. The first-order valence-corrected chi connectivity index (χ1v) is 8.12. The van der Waals surface area contributed by atoms with Crippen LogP contribution in [0.5, 0.6) is 0 Å². The third kappa shape index (κ3) is 4.01. The van der Waals surface area contributed by atoms with E-state index in [1.54, 1.807) is 0 Å². The molecule has 2 fully saturated rings. The average Bonchev–Trinajstić information content (AvgIpc) is 2.92. The molecule has 0 unspecified atom stereocenters. The highest BCUT2D eigenvalue weighted by molar-refractivity contribution is 14.0. The zero-order valence-corrected chi connectivity index (χ0v) is 15.5. The molecule has 2 aliphatic heterocycles. The van der Waals surface area contributed by atoms with Gasteiger partial charge in [0.15, 0.2) is 5.96 Å². The largest absolute Gasteiger partial charge is 0.379 e. The summed E-state index contributed by atoms with van der Waals surface area (Å²) in [5.41, 5.74) is 0.327. The minimum absolute atomic E-state index is 0. The Bertz CT molecular complexity index is 352. The highest BCUT2D eigenvalue weighted by atomic mass is 127. The lowest BCUT2D eigenvalue weighted by atomic mass is 9.80. The highest BCUT2D eigenvalue weighted by Crippen LogP contribution is 2.33. The summed E-state index contributed by atoms with van der Waals surface area (Å²) in [5, 5.41) is 3.63. The van der Waals surface area contributed by atoms with Gasteiger partial charge in [0.25, 0.3) is 0 Å². The number of nitrogens with zero attached hydrogens (tertiary/aromatic N) is 3. The first-order chi connectivity index (χ1) is 9.80. The number of ether oxygens (including phenoxy) is 1. The second kappa shape index (κ2) is 7.97. The molecule has 1 saturated carbocycles. The van der Waals surface area contributed by atoms with Gasteiger partial charge in [-0.15, -0.1) is 24.0 Å². The first-order valence-electron chi connectivity index (χ1n) is 8.12. The predicted octanol–water partition coefficient (Wildman–Crippen LogP) is 1.53. The van der Waals surface area contributed by atoms with Gasteiger partial charge in [-0.1, -0.05) is 19.3 Å². The van der Waals surface area contributed by atoms with Gasteiger partial charge in [0.1, 0.15) is 0 Å². The highest BCUT2D eigenvalue weighted by Gasteiger charge is 2.38. The van der Waals surface area contributed by atoms with Crippen molar-refractivity contribution in [2.24, 2.45) is 4.99 Å². The van der Waals surface area contributed by atoms with Gasteiger partial charge in [0, 0.05) is 38.8 Å². The molecular formula is C15H29IN4O. The number of hydrogen-bond acceptors (Lipinski definition) is 5. The van der Waals surface area contributed by atoms with Crippen molar-refractivity contribution < 1.29 is 4.74 Å². The van der Waals surface area contributed by atoms with Gasteiger partial charge < -0.3 is 15.0 Å². The fourth-order valence-electron chi connectivity index (χ4n) is 3.82. The van der Waals surface area contributed by atoms with Gasteiger partial charge in [-0.05, 0) is 12.8 Å². The molecule has 2 heterocycles. The van der Waals surface area contributed by atoms with Crippen LogP contribution in [0.25, 0.3) is 0 Å². The zero-order chi connectivity index (χ0) is 13.8. The van der Waals surface area contributed by atoms with Crippen LogP contribution >= 0.6 is 24.0 Å². The van der Waals surface area contributed by atoms with Gasteiger partial charge in [-0.2, -0.15) is 0 Å². The lowest BCUT2D eigenvalue weighted by molar-refractivity contribution is -0.0353. The molecule has 3 aliphatic rings. The Balaban J connectivity index is 0.00000161. The number of nitrogens with one attached hydrogen (secondary N) is 1. The molecule has 0 spiro atoms. The fraction of sp³-hybridized carbons (Fsp3) is 0.933. The normalized spacial score (nSPS) is 26.1. The minimum atomic E-state index is 0. The summed E-state index contributed by atoms with van der Waals surface area (Å²) in [6, 6.07) is 0. The maximum atomic E-state index is 5.54. The Morgan fingerprint density at radius 1 is 1.14 bits per heavy atom. The Labute approximate surface area is 145 Å². The second-order valence-electron chi connectivity index (χ2n) is 6.36. The second-order valence-corrected chi connectivity index (χ2v) is 6.36. The number of hydrogen-bond donors (Lipinski definition) is 1. The molecule has 0 aromatic heterocycles. The Morgan fingerprint density at radius 3 is 2.48 bits per heavy atom. The van der Waals surface area contributed by atoms with E-state index in [-0.39, 0.29) is 24.0 Å². The van der Waals surface area contributed by atoms with Gasteiger partial charge >= 0.3 is 0 Å². The van der Waals surface area contributed by atoms with Crippen LogP contribution in [0.15, 0.2) is 4.99 Å². The number of likely N-dealkylation sites (N-methyl/N-ethyl adjacent to an activating group) is 1. The summed E-state index contributed by atoms with van der Waals surface area (Å²) in [6.07, 6.45) is 6.75. The molecule has 6 heteroatoms. The number of aliphatic imine (C=N–C) groups is 1. The van der Waals surface area contributed by atoms with E-state index in [0.29, 0.717) is 5.54 Å². The SMILES string of the molecule is CN1CCN=C1NCC1(N2CCOCC2)CCCCC1.I. The summed E-state index contributed by atoms with van der Waals surface area (Å²) >= 11 is 0. The minimum Gasteiger partial charge on any atom is -0.379 e. The van der Waals surface area contributed by atoms with E-state index in [1.165, 1.54) is 32.1 Å². The molecule has 5 nitrogen and oxygen atoms in total. The van der Waals surface area contributed by atoms with E-state index in [2.05, 4.69) is 27.2 Å². The standard InChI is InChI=1S/C15H28N4O.HI/c1-18-8-7-16-14(18)17-13-15(5-3-2-4-6-15)19-9-11-20-12-10-19;/h2-13H2,1H3,(H,16,17);1H. The van der Waals surface area contributed by atoms with E-state index < -0.39 is 0 Å². The molecule has 0 aromatic rings. The van der Waals surface area contributed by atoms with Crippen molar-refractivity contribution in [2.45, 2.75) is 37.6 Å².